The maximum Gasteiger partial charge on any atom is 0.268 e. The van der Waals surface area contributed by atoms with E-state index < -0.39 is 0 Å². The van der Waals surface area contributed by atoms with Crippen LogP contribution in [0.5, 0.6) is 5.75 Å². The number of hydrogen-bond donors (Lipinski definition) is 0. The smallest absolute Gasteiger partial charge is 0.268 e. The number of rotatable bonds is 5. The predicted molar refractivity (Wildman–Crippen MR) is 129 cm³/mol. The molecule has 0 aliphatic heterocycles. The number of benzene rings is 2. The number of ether oxygens (including phenoxy) is 1. The number of para-hydroxylation sites is 1. The average molecular weight is 461 g/mol. The van der Waals surface area contributed by atoms with Gasteiger partial charge in [-0.3, -0.25) is 4.79 Å². The maximum absolute atomic E-state index is 13.7. The van der Waals surface area contributed by atoms with Crippen molar-refractivity contribution in [2.24, 2.45) is 0 Å². The predicted octanol–water partition coefficient (Wildman–Crippen LogP) is 4.88. The number of aryl methyl sites for hydroxylation is 2. The van der Waals surface area contributed by atoms with Crippen LogP contribution in [0, 0.1) is 0 Å². The second-order valence-electron chi connectivity index (χ2n) is 7.77. The van der Waals surface area contributed by atoms with Crippen molar-refractivity contribution in [2.75, 3.05) is 7.11 Å². The van der Waals surface area contributed by atoms with Gasteiger partial charge >= 0.3 is 0 Å². The molecule has 5 aromatic rings. The van der Waals surface area contributed by atoms with Crippen LogP contribution in [0.1, 0.15) is 22.4 Å². The van der Waals surface area contributed by atoms with Gasteiger partial charge in [-0.2, -0.15) is 0 Å². The molecule has 3 heterocycles. The van der Waals surface area contributed by atoms with E-state index in [0.29, 0.717) is 5.78 Å². The zero-order valence-corrected chi connectivity index (χ0v) is 19.1. The summed E-state index contributed by atoms with van der Waals surface area (Å²) in [5.74, 6) is 2.15. The van der Waals surface area contributed by atoms with Gasteiger partial charge in [-0.25, -0.2) is 8.97 Å². The van der Waals surface area contributed by atoms with Crippen LogP contribution in [0.3, 0.4) is 0 Å². The molecule has 0 amide bonds. The van der Waals surface area contributed by atoms with E-state index in [1.165, 1.54) is 16.0 Å². The average Bonchev–Trinajstić information content (AvgIpc) is 3.53. The first kappa shape index (κ1) is 19.6. The van der Waals surface area contributed by atoms with Crippen LogP contribution in [0.25, 0.3) is 21.7 Å². The lowest BCUT2D eigenvalue weighted by Gasteiger charge is -2.10. The third-order valence-electron chi connectivity index (χ3n) is 5.88. The van der Waals surface area contributed by atoms with Gasteiger partial charge in [0, 0.05) is 10.6 Å². The van der Waals surface area contributed by atoms with Gasteiger partial charge in [-0.1, -0.05) is 42.1 Å². The fourth-order valence-corrected chi connectivity index (χ4v) is 6.65. The Balaban J connectivity index is 1.53. The normalized spacial score (nSPS) is 13.2. The molecule has 2 aromatic carbocycles. The summed E-state index contributed by atoms with van der Waals surface area (Å²) >= 11 is 3.35. The van der Waals surface area contributed by atoms with Crippen molar-refractivity contribution in [3.05, 3.63) is 81.0 Å². The fraction of sp³-hybridized carbons (Fsp3) is 0.208. The Morgan fingerprint density at radius 1 is 1.06 bits per heavy atom. The van der Waals surface area contributed by atoms with Gasteiger partial charge in [0.2, 0.25) is 5.78 Å². The molecular weight excluding hydrogens is 440 g/mol. The highest BCUT2D eigenvalue weighted by Gasteiger charge is 2.26. The molecule has 0 radical (unpaired) electrons. The van der Waals surface area contributed by atoms with E-state index in [9.17, 15) is 4.79 Å². The highest BCUT2D eigenvalue weighted by molar-refractivity contribution is 7.98. The van der Waals surface area contributed by atoms with Crippen LogP contribution < -0.4 is 10.3 Å². The third-order valence-corrected chi connectivity index (χ3v) is 8.16. The molecule has 0 N–H and O–H groups in total. The van der Waals surface area contributed by atoms with Gasteiger partial charge in [0.25, 0.3) is 5.56 Å². The van der Waals surface area contributed by atoms with Crippen molar-refractivity contribution in [3.8, 4) is 11.4 Å². The number of aromatic nitrogens is 4. The summed E-state index contributed by atoms with van der Waals surface area (Å²) in [7, 11) is 1.67. The summed E-state index contributed by atoms with van der Waals surface area (Å²) in [6.07, 6.45) is 3.11. The van der Waals surface area contributed by atoms with Crippen LogP contribution in [0.15, 0.2) is 64.5 Å². The van der Waals surface area contributed by atoms with E-state index in [-0.39, 0.29) is 5.56 Å². The largest absolute Gasteiger partial charge is 0.497 e. The summed E-state index contributed by atoms with van der Waals surface area (Å²) in [6, 6.07) is 17.8. The van der Waals surface area contributed by atoms with Crippen LogP contribution in [-0.2, 0) is 18.6 Å². The highest BCUT2D eigenvalue weighted by Crippen LogP contribution is 2.37. The molecule has 160 valence electrons. The first-order valence-electron chi connectivity index (χ1n) is 10.5. The van der Waals surface area contributed by atoms with Gasteiger partial charge < -0.3 is 4.74 Å². The zero-order chi connectivity index (χ0) is 21.7. The van der Waals surface area contributed by atoms with E-state index in [2.05, 4.69) is 26.7 Å². The maximum atomic E-state index is 13.7. The lowest BCUT2D eigenvalue weighted by atomic mass is 10.2. The molecule has 6 rings (SSSR count). The molecule has 1 aliphatic carbocycles. The Labute approximate surface area is 192 Å². The van der Waals surface area contributed by atoms with Gasteiger partial charge in [-0.05, 0) is 54.7 Å². The van der Waals surface area contributed by atoms with Crippen LogP contribution >= 0.6 is 23.1 Å². The molecule has 32 heavy (non-hydrogen) atoms. The summed E-state index contributed by atoms with van der Waals surface area (Å²) in [5, 5.41) is 10.6. The Morgan fingerprint density at radius 2 is 1.88 bits per heavy atom. The molecule has 3 aromatic heterocycles. The van der Waals surface area contributed by atoms with Crippen molar-refractivity contribution in [1.82, 2.24) is 19.2 Å². The number of hydrogen-bond acceptors (Lipinski definition) is 6. The van der Waals surface area contributed by atoms with Crippen LogP contribution in [0.2, 0.25) is 0 Å². The molecule has 1 aliphatic rings. The SMILES string of the molecule is COc1ccc(CSc2nnc3n(-c4ccccc4)c(=O)c4c5c(sc4n23)CCC5)cc1. The lowest BCUT2D eigenvalue weighted by Crippen LogP contribution is -2.21. The Kier molecular flexibility index (Phi) is 4.77. The number of methoxy groups -OCH3 is 1. The first-order valence-corrected chi connectivity index (χ1v) is 12.3. The molecule has 0 fully saturated rings. The van der Waals surface area contributed by atoms with Crippen molar-refractivity contribution in [1.29, 1.82) is 0 Å². The van der Waals surface area contributed by atoms with Gasteiger partial charge in [0.05, 0.1) is 18.2 Å². The molecule has 0 saturated carbocycles. The first-order chi connectivity index (χ1) is 15.7. The van der Waals surface area contributed by atoms with E-state index in [1.54, 1.807) is 34.8 Å². The topological polar surface area (TPSA) is 61.4 Å². The molecule has 6 nitrogen and oxygen atoms in total. The molecular formula is C24H20N4O2S2. The highest BCUT2D eigenvalue weighted by atomic mass is 32.2. The van der Waals surface area contributed by atoms with E-state index in [4.69, 9.17) is 4.74 Å². The number of thioether (sulfide) groups is 1. The van der Waals surface area contributed by atoms with Crippen molar-refractivity contribution in [2.45, 2.75) is 30.2 Å². The van der Waals surface area contributed by atoms with Crippen molar-refractivity contribution < 1.29 is 4.74 Å². The van der Waals surface area contributed by atoms with E-state index >= 15 is 0 Å². The summed E-state index contributed by atoms with van der Waals surface area (Å²) < 4.78 is 9.03. The fourth-order valence-electron chi connectivity index (χ4n) is 4.33. The van der Waals surface area contributed by atoms with Gasteiger partial charge in [0.15, 0.2) is 5.16 Å². The molecule has 8 heteroatoms. The van der Waals surface area contributed by atoms with Crippen molar-refractivity contribution >= 4 is 39.1 Å². The number of nitrogens with zero attached hydrogens (tertiary/aromatic N) is 4. The monoisotopic (exact) mass is 460 g/mol. The van der Waals surface area contributed by atoms with Crippen LogP contribution in [0.4, 0.5) is 0 Å². The summed E-state index contributed by atoms with van der Waals surface area (Å²) in [6.45, 7) is 0. The second kappa shape index (κ2) is 7.79. The molecule has 0 unspecified atom stereocenters. The Morgan fingerprint density at radius 3 is 2.66 bits per heavy atom. The Bertz CT molecular complexity index is 1500. The summed E-state index contributed by atoms with van der Waals surface area (Å²) in [5.41, 5.74) is 3.19. The minimum atomic E-state index is -0.00259. The summed E-state index contributed by atoms with van der Waals surface area (Å²) in [4.78, 5) is 16.0. The third kappa shape index (κ3) is 3.05. The quantitative estimate of drug-likeness (QED) is 0.350. The zero-order valence-electron chi connectivity index (χ0n) is 17.4. The van der Waals surface area contributed by atoms with Crippen LogP contribution in [-0.4, -0.2) is 26.3 Å². The number of thiophene rings is 1. The Hall–Kier alpha value is -3.10. The minimum Gasteiger partial charge on any atom is -0.497 e. The standard InChI is InChI=1S/C24H20N4O2S2/c1-30-17-12-10-15(11-13-17)14-31-24-26-25-23-27(16-6-3-2-4-7-16)21(29)20-18-8-5-9-19(18)32-22(20)28(23)24/h2-4,6-7,10-13H,5,8-9,14H2,1H3. The molecule has 0 atom stereocenters. The van der Waals surface area contributed by atoms with Gasteiger partial charge in [-0.15, -0.1) is 21.5 Å². The number of fused-ring (bicyclic) bond motifs is 5. The molecule has 0 saturated heterocycles. The van der Waals surface area contributed by atoms with E-state index in [0.717, 1.165) is 51.8 Å². The molecule has 0 bridgehead atoms. The minimum absolute atomic E-state index is 0.00259. The van der Waals surface area contributed by atoms with Crippen molar-refractivity contribution in [3.63, 3.8) is 0 Å². The van der Waals surface area contributed by atoms with E-state index in [1.807, 2.05) is 42.5 Å². The van der Waals surface area contributed by atoms with Gasteiger partial charge in [0.1, 0.15) is 10.6 Å². The molecule has 0 spiro atoms. The lowest BCUT2D eigenvalue weighted by molar-refractivity contribution is 0.414. The second-order valence-corrected chi connectivity index (χ2v) is 9.79.